The largest absolute Gasteiger partial charge is 0.494 e. The van der Waals surface area contributed by atoms with E-state index in [9.17, 15) is 0 Å². The first-order valence-corrected chi connectivity index (χ1v) is 6.62. The minimum atomic E-state index is 0. The molecule has 0 fully saturated rings. The number of fused-ring (bicyclic) bond motifs is 1. The van der Waals surface area contributed by atoms with Gasteiger partial charge in [0.15, 0.2) is 0 Å². The smallest absolute Gasteiger partial charge is 0.119 e. The molecule has 1 aliphatic rings. The molecule has 3 rings (SSSR count). The minimum absolute atomic E-state index is 0. The maximum atomic E-state index is 5.80. The molecule has 102 valence electrons. The molecule has 0 atom stereocenters. The molecule has 1 heterocycles. The third-order valence-electron chi connectivity index (χ3n) is 3.46. The Hall–Kier alpha value is -1.48. The van der Waals surface area contributed by atoms with Crippen molar-refractivity contribution in [3.63, 3.8) is 0 Å². The highest BCUT2D eigenvalue weighted by Gasteiger charge is 2.10. The van der Waals surface area contributed by atoms with E-state index in [-0.39, 0.29) is 12.4 Å². The van der Waals surface area contributed by atoms with Crippen LogP contribution < -0.4 is 4.74 Å². The van der Waals surface area contributed by atoms with Crippen LogP contribution >= 0.6 is 12.4 Å². The number of ether oxygens (including phenoxy) is 1. The first-order valence-electron chi connectivity index (χ1n) is 6.62. The van der Waals surface area contributed by atoms with Crippen LogP contribution in [-0.2, 0) is 19.4 Å². The van der Waals surface area contributed by atoms with Crippen LogP contribution in [0, 0.1) is 0 Å². The fourth-order valence-corrected chi connectivity index (χ4v) is 2.49. The van der Waals surface area contributed by atoms with E-state index in [0.29, 0.717) is 0 Å². The second-order valence-corrected chi connectivity index (χ2v) is 4.79. The second kappa shape index (κ2) is 6.62. The van der Waals surface area contributed by atoms with Crippen LogP contribution in [0.1, 0.15) is 24.0 Å². The van der Waals surface area contributed by atoms with Crippen LogP contribution in [0.2, 0.25) is 0 Å². The lowest BCUT2D eigenvalue weighted by Crippen LogP contribution is -2.03. The Bertz CT molecular complexity index is 511. The summed E-state index contributed by atoms with van der Waals surface area (Å²) in [6.45, 7) is 1.72. The van der Waals surface area contributed by atoms with Crippen LogP contribution in [0.4, 0.5) is 0 Å². The Morgan fingerprint density at radius 1 is 1.21 bits per heavy atom. The van der Waals surface area contributed by atoms with Gasteiger partial charge in [-0.25, -0.2) is 4.98 Å². The summed E-state index contributed by atoms with van der Waals surface area (Å²) in [6.07, 6.45) is 10.4. The van der Waals surface area contributed by atoms with Crippen LogP contribution in [-0.4, -0.2) is 16.2 Å². The van der Waals surface area contributed by atoms with Gasteiger partial charge in [-0.3, -0.25) is 0 Å². The molecule has 0 radical (unpaired) electrons. The standard InChI is InChI=1S/C15H18N2O.ClH/c1-3-13-5-6-15(11-14(13)4-1)18-10-2-8-17-9-7-16-12-17;/h5-7,9,11-12H,1-4,8,10H2;1H. The van der Waals surface area contributed by atoms with Gasteiger partial charge in [-0.15, -0.1) is 12.4 Å². The van der Waals surface area contributed by atoms with E-state index in [0.717, 1.165) is 25.3 Å². The third kappa shape index (κ3) is 3.51. The molecule has 0 saturated carbocycles. The van der Waals surface area contributed by atoms with Crippen molar-refractivity contribution in [2.45, 2.75) is 32.2 Å². The molecule has 3 nitrogen and oxygen atoms in total. The zero-order valence-corrected chi connectivity index (χ0v) is 11.7. The number of benzene rings is 1. The van der Waals surface area contributed by atoms with Crippen molar-refractivity contribution in [3.05, 3.63) is 48.0 Å². The fraction of sp³-hybridized carbons (Fsp3) is 0.400. The predicted octanol–water partition coefficient (Wildman–Crippen LogP) is 3.26. The van der Waals surface area contributed by atoms with Crippen LogP contribution in [0.3, 0.4) is 0 Å². The molecule has 0 N–H and O–H groups in total. The van der Waals surface area contributed by atoms with Gasteiger partial charge in [0.1, 0.15) is 5.75 Å². The molecular formula is C15H19ClN2O. The van der Waals surface area contributed by atoms with Gasteiger partial charge >= 0.3 is 0 Å². The second-order valence-electron chi connectivity index (χ2n) is 4.79. The number of imidazole rings is 1. The number of nitrogens with zero attached hydrogens (tertiary/aromatic N) is 2. The number of hydrogen-bond donors (Lipinski definition) is 0. The van der Waals surface area contributed by atoms with Gasteiger partial charge in [-0.1, -0.05) is 6.07 Å². The van der Waals surface area contributed by atoms with Gasteiger partial charge in [0, 0.05) is 18.9 Å². The summed E-state index contributed by atoms with van der Waals surface area (Å²) < 4.78 is 7.87. The zero-order chi connectivity index (χ0) is 12.2. The average Bonchev–Trinajstić information content (AvgIpc) is 3.05. The summed E-state index contributed by atoms with van der Waals surface area (Å²) in [4.78, 5) is 4.02. The van der Waals surface area contributed by atoms with Crippen LogP contribution in [0.25, 0.3) is 0 Å². The summed E-state index contributed by atoms with van der Waals surface area (Å²) in [5.74, 6) is 1.02. The molecule has 0 amide bonds. The van der Waals surface area contributed by atoms with Crippen molar-refractivity contribution in [1.29, 1.82) is 0 Å². The van der Waals surface area contributed by atoms with Gasteiger partial charge in [0.2, 0.25) is 0 Å². The highest BCUT2D eigenvalue weighted by atomic mass is 35.5. The number of halogens is 1. The Kier molecular flexibility index (Phi) is 4.86. The molecule has 1 aromatic heterocycles. The van der Waals surface area contributed by atoms with Crippen molar-refractivity contribution >= 4 is 12.4 Å². The van der Waals surface area contributed by atoms with Crippen molar-refractivity contribution in [2.24, 2.45) is 0 Å². The quantitative estimate of drug-likeness (QED) is 0.785. The van der Waals surface area contributed by atoms with Gasteiger partial charge in [-0.2, -0.15) is 0 Å². The lowest BCUT2D eigenvalue weighted by molar-refractivity contribution is 0.301. The fourth-order valence-electron chi connectivity index (χ4n) is 2.49. The van der Waals surface area contributed by atoms with Crippen molar-refractivity contribution in [1.82, 2.24) is 9.55 Å². The SMILES string of the molecule is Cl.c1cn(CCCOc2ccc3c(c2)CCC3)cn1. The van der Waals surface area contributed by atoms with E-state index in [1.165, 1.54) is 30.4 Å². The first kappa shape index (κ1) is 13.9. The summed E-state index contributed by atoms with van der Waals surface area (Å²) in [6, 6.07) is 6.52. The number of aryl methyl sites for hydroxylation is 3. The van der Waals surface area contributed by atoms with Crippen LogP contribution in [0.5, 0.6) is 5.75 Å². The number of hydrogen-bond acceptors (Lipinski definition) is 2. The van der Waals surface area contributed by atoms with E-state index in [4.69, 9.17) is 4.74 Å². The Morgan fingerprint density at radius 2 is 2.11 bits per heavy atom. The molecule has 0 aliphatic heterocycles. The summed E-state index contributed by atoms with van der Waals surface area (Å²) in [5, 5.41) is 0. The topological polar surface area (TPSA) is 27.1 Å². The highest BCUT2D eigenvalue weighted by Crippen LogP contribution is 2.25. The molecule has 0 saturated heterocycles. The molecule has 0 unspecified atom stereocenters. The van der Waals surface area contributed by atoms with Gasteiger partial charge in [0.25, 0.3) is 0 Å². The molecule has 2 aromatic rings. The maximum absolute atomic E-state index is 5.80. The Balaban J connectivity index is 0.00000133. The number of rotatable bonds is 5. The maximum Gasteiger partial charge on any atom is 0.119 e. The van der Waals surface area contributed by atoms with Gasteiger partial charge in [-0.05, 0) is 48.9 Å². The molecule has 19 heavy (non-hydrogen) atoms. The van der Waals surface area contributed by atoms with E-state index < -0.39 is 0 Å². The van der Waals surface area contributed by atoms with Crippen molar-refractivity contribution in [3.8, 4) is 5.75 Å². The Labute approximate surface area is 120 Å². The lowest BCUT2D eigenvalue weighted by Gasteiger charge is -2.08. The normalized spacial score (nSPS) is 12.8. The number of aromatic nitrogens is 2. The summed E-state index contributed by atoms with van der Waals surface area (Å²) >= 11 is 0. The monoisotopic (exact) mass is 278 g/mol. The Morgan fingerprint density at radius 3 is 2.95 bits per heavy atom. The van der Waals surface area contributed by atoms with E-state index in [2.05, 4.69) is 27.8 Å². The summed E-state index contributed by atoms with van der Waals surface area (Å²) in [7, 11) is 0. The van der Waals surface area contributed by atoms with Crippen LogP contribution in [0.15, 0.2) is 36.9 Å². The third-order valence-corrected chi connectivity index (χ3v) is 3.46. The van der Waals surface area contributed by atoms with Gasteiger partial charge < -0.3 is 9.30 Å². The zero-order valence-electron chi connectivity index (χ0n) is 10.9. The van der Waals surface area contributed by atoms with E-state index >= 15 is 0 Å². The molecule has 4 heteroatoms. The van der Waals surface area contributed by atoms with Crippen molar-refractivity contribution in [2.75, 3.05) is 6.61 Å². The molecule has 1 aromatic carbocycles. The van der Waals surface area contributed by atoms with E-state index in [1.807, 2.05) is 12.5 Å². The average molecular weight is 279 g/mol. The molecule has 1 aliphatic carbocycles. The lowest BCUT2D eigenvalue weighted by atomic mass is 10.1. The highest BCUT2D eigenvalue weighted by molar-refractivity contribution is 5.85. The molecule has 0 bridgehead atoms. The van der Waals surface area contributed by atoms with Crippen molar-refractivity contribution < 1.29 is 4.74 Å². The van der Waals surface area contributed by atoms with E-state index in [1.54, 1.807) is 6.20 Å². The molecule has 0 spiro atoms. The minimum Gasteiger partial charge on any atom is -0.494 e. The van der Waals surface area contributed by atoms with Gasteiger partial charge in [0.05, 0.1) is 12.9 Å². The first-order chi connectivity index (χ1) is 8.92. The predicted molar refractivity (Wildman–Crippen MR) is 78.1 cm³/mol. The summed E-state index contributed by atoms with van der Waals surface area (Å²) in [5.41, 5.74) is 2.97. The molecular weight excluding hydrogens is 260 g/mol.